The molecule has 0 saturated carbocycles. The van der Waals surface area contributed by atoms with Crippen molar-refractivity contribution in [2.45, 2.75) is 29.6 Å². The number of benzene rings is 2. The van der Waals surface area contributed by atoms with Crippen molar-refractivity contribution in [3.05, 3.63) is 54.1 Å². The van der Waals surface area contributed by atoms with Gasteiger partial charge in [0.05, 0.1) is 21.0 Å². The van der Waals surface area contributed by atoms with Gasteiger partial charge in [0.1, 0.15) is 0 Å². The molecule has 0 bridgehead atoms. The molecule has 0 aromatic heterocycles. The number of hydrogen-bond acceptors (Lipinski definition) is 6. The number of sulfonamides is 2. The molecule has 3 rings (SSSR count). The zero-order chi connectivity index (χ0) is 22.4. The fourth-order valence-electron chi connectivity index (χ4n) is 2.97. The average Bonchev–Trinajstić information content (AvgIpc) is 3.22. The minimum absolute atomic E-state index is 0.00162. The molecule has 0 spiro atoms. The molecule has 0 unspecified atom stereocenters. The Hall–Kier alpha value is -2.47. The Balaban J connectivity index is 0.000000215. The van der Waals surface area contributed by atoms with Crippen LogP contribution in [0, 0.1) is 0 Å². The number of carboxylic acids is 1. The Kier molecular flexibility index (Phi) is 7.96. The Labute approximate surface area is 176 Å². The van der Waals surface area contributed by atoms with Crippen LogP contribution in [-0.2, 0) is 20.0 Å². The van der Waals surface area contributed by atoms with Gasteiger partial charge in [0.2, 0.25) is 20.0 Å². The first-order valence-electron chi connectivity index (χ1n) is 9.26. The smallest absolute Gasteiger partial charge is 0.337 e. The quantitative estimate of drug-likeness (QED) is 0.599. The number of carboxylic acid groups (broad SMARTS) is 1. The number of carbonyl (C=O) groups is 1. The summed E-state index contributed by atoms with van der Waals surface area (Å²) in [6, 6.07) is 11.9. The molecular weight excluding hydrogens is 430 g/mol. The molecule has 1 heterocycles. The van der Waals surface area contributed by atoms with Crippen LogP contribution in [0.5, 0.6) is 0 Å². The molecule has 1 aliphatic rings. The van der Waals surface area contributed by atoms with Crippen LogP contribution < -0.4 is 14.8 Å². The lowest BCUT2D eigenvalue weighted by molar-refractivity contribution is 0.0697. The number of primary sulfonamides is 1. The van der Waals surface area contributed by atoms with Gasteiger partial charge in [0, 0.05) is 19.6 Å². The van der Waals surface area contributed by atoms with Crippen LogP contribution in [0.2, 0.25) is 0 Å². The summed E-state index contributed by atoms with van der Waals surface area (Å²) in [7, 11) is -7.35. The number of aromatic carboxylic acids is 1. The molecule has 1 fully saturated rings. The predicted octanol–water partition coefficient (Wildman–Crippen LogP) is 1.62. The van der Waals surface area contributed by atoms with Crippen LogP contribution >= 0.6 is 0 Å². The first-order chi connectivity index (χ1) is 14.1. The summed E-state index contributed by atoms with van der Waals surface area (Å²) in [6.45, 7) is 3.87. The first-order valence-corrected chi connectivity index (χ1v) is 12.3. The Bertz CT molecular complexity index is 1080. The summed E-state index contributed by atoms with van der Waals surface area (Å²) < 4.78 is 47.2. The van der Waals surface area contributed by atoms with Gasteiger partial charge in [-0.3, -0.25) is 0 Å². The van der Waals surface area contributed by atoms with E-state index >= 15 is 0 Å². The van der Waals surface area contributed by atoms with Crippen LogP contribution in [0.3, 0.4) is 0 Å². The van der Waals surface area contributed by atoms with Crippen molar-refractivity contribution in [3.63, 3.8) is 0 Å². The van der Waals surface area contributed by atoms with Gasteiger partial charge in [-0.25, -0.2) is 31.5 Å². The molecule has 11 heteroatoms. The number of hydrogen-bond donors (Lipinski definition) is 3. The Morgan fingerprint density at radius 1 is 1.00 bits per heavy atom. The average molecular weight is 456 g/mol. The van der Waals surface area contributed by atoms with Crippen molar-refractivity contribution in [1.82, 2.24) is 4.72 Å². The summed E-state index contributed by atoms with van der Waals surface area (Å²) in [5, 5.41) is 13.9. The number of rotatable bonds is 6. The number of anilines is 1. The van der Waals surface area contributed by atoms with Gasteiger partial charge in [-0.15, -0.1) is 0 Å². The summed E-state index contributed by atoms with van der Waals surface area (Å²) in [5.74, 6) is -0.840. The highest BCUT2D eigenvalue weighted by Crippen LogP contribution is 2.24. The van der Waals surface area contributed by atoms with E-state index in [0.717, 1.165) is 43.8 Å². The highest BCUT2D eigenvalue weighted by Gasteiger charge is 2.18. The zero-order valence-corrected chi connectivity index (χ0v) is 18.1. The summed E-state index contributed by atoms with van der Waals surface area (Å²) in [4.78, 5) is 13.0. The summed E-state index contributed by atoms with van der Waals surface area (Å²) in [5.41, 5.74) is 1.27. The molecule has 30 heavy (non-hydrogen) atoms. The second-order valence-corrected chi connectivity index (χ2v) is 9.86. The highest BCUT2D eigenvalue weighted by molar-refractivity contribution is 7.89. The topological polar surface area (TPSA) is 147 Å². The molecule has 2 aromatic carbocycles. The lowest BCUT2D eigenvalue weighted by Crippen LogP contribution is -2.23. The van der Waals surface area contributed by atoms with Gasteiger partial charge in [-0.05, 0) is 49.2 Å². The highest BCUT2D eigenvalue weighted by atomic mass is 32.2. The normalized spacial score (nSPS) is 14.1. The second kappa shape index (κ2) is 10.0. The molecule has 1 saturated heterocycles. The molecule has 4 N–H and O–H groups in total. The SMILES string of the molecule is CCNS(=O)(=O)c1ccc(S(N)(=O)=O)cc1.O=C(O)c1ccccc1N1CCCC1. The lowest BCUT2D eigenvalue weighted by Gasteiger charge is -2.19. The zero-order valence-electron chi connectivity index (χ0n) is 16.5. The van der Waals surface area contributed by atoms with E-state index in [1.165, 1.54) is 12.1 Å². The molecule has 0 aliphatic carbocycles. The van der Waals surface area contributed by atoms with E-state index in [1.807, 2.05) is 12.1 Å². The third kappa shape index (κ3) is 6.26. The van der Waals surface area contributed by atoms with Crippen molar-refractivity contribution >= 4 is 31.7 Å². The van der Waals surface area contributed by atoms with E-state index < -0.39 is 26.0 Å². The lowest BCUT2D eigenvalue weighted by atomic mass is 10.1. The molecule has 1 aliphatic heterocycles. The van der Waals surface area contributed by atoms with E-state index in [4.69, 9.17) is 10.2 Å². The van der Waals surface area contributed by atoms with E-state index in [2.05, 4.69) is 9.62 Å². The molecule has 2 aromatic rings. The van der Waals surface area contributed by atoms with E-state index in [9.17, 15) is 21.6 Å². The van der Waals surface area contributed by atoms with Gasteiger partial charge in [0.25, 0.3) is 0 Å². The number of nitrogens with two attached hydrogens (primary N) is 1. The minimum atomic E-state index is -3.79. The molecule has 0 amide bonds. The predicted molar refractivity (Wildman–Crippen MR) is 114 cm³/mol. The van der Waals surface area contributed by atoms with Gasteiger partial charge in [-0.1, -0.05) is 19.1 Å². The second-order valence-electron chi connectivity index (χ2n) is 6.53. The maximum absolute atomic E-state index is 11.5. The van der Waals surface area contributed by atoms with Crippen molar-refractivity contribution in [1.29, 1.82) is 0 Å². The third-order valence-electron chi connectivity index (χ3n) is 4.38. The number of nitrogens with one attached hydrogen (secondary N) is 1. The molecule has 9 nitrogen and oxygen atoms in total. The van der Waals surface area contributed by atoms with Crippen molar-refractivity contribution in [2.75, 3.05) is 24.5 Å². The molecule has 0 atom stereocenters. The first kappa shape index (κ1) is 23.8. The summed E-state index contributed by atoms with van der Waals surface area (Å²) in [6.07, 6.45) is 2.32. The van der Waals surface area contributed by atoms with Crippen LogP contribution in [0.25, 0.3) is 0 Å². The van der Waals surface area contributed by atoms with Crippen LogP contribution in [0.15, 0.2) is 58.3 Å². The van der Waals surface area contributed by atoms with Gasteiger partial charge >= 0.3 is 5.97 Å². The monoisotopic (exact) mass is 455 g/mol. The van der Waals surface area contributed by atoms with Gasteiger partial charge in [-0.2, -0.15) is 0 Å². The van der Waals surface area contributed by atoms with Crippen LogP contribution in [0.4, 0.5) is 5.69 Å². The molecular formula is C19H25N3O6S2. The van der Waals surface area contributed by atoms with Crippen LogP contribution in [-0.4, -0.2) is 47.5 Å². The molecule has 0 radical (unpaired) electrons. The fourth-order valence-corrected chi connectivity index (χ4v) is 4.53. The number of para-hydroxylation sites is 1. The Morgan fingerprint density at radius 3 is 2.03 bits per heavy atom. The Morgan fingerprint density at radius 2 is 1.53 bits per heavy atom. The number of nitrogens with zero attached hydrogens (tertiary/aromatic N) is 1. The van der Waals surface area contributed by atoms with Gasteiger partial charge in [0.15, 0.2) is 0 Å². The van der Waals surface area contributed by atoms with E-state index in [0.29, 0.717) is 5.56 Å². The minimum Gasteiger partial charge on any atom is -0.478 e. The van der Waals surface area contributed by atoms with E-state index in [1.54, 1.807) is 19.1 Å². The third-order valence-corrected chi connectivity index (χ3v) is 6.87. The molecule has 164 valence electrons. The standard InChI is InChI=1S/C11H13NO2.C8H12N2O4S2/c13-11(14)9-5-1-2-6-10(9)12-7-3-4-8-12;1-2-10-16(13,14)8-5-3-7(4-6-8)15(9,11)12/h1-2,5-6H,3-4,7-8H2,(H,13,14);3-6,10H,2H2,1H3,(H2,9,11,12). The van der Waals surface area contributed by atoms with E-state index in [-0.39, 0.29) is 16.3 Å². The maximum Gasteiger partial charge on any atom is 0.337 e. The van der Waals surface area contributed by atoms with Crippen molar-refractivity contribution in [2.24, 2.45) is 5.14 Å². The van der Waals surface area contributed by atoms with Crippen molar-refractivity contribution < 1.29 is 26.7 Å². The largest absolute Gasteiger partial charge is 0.478 e. The van der Waals surface area contributed by atoms with Gasteiger partial charge < -0.3 is 10.0 Å². The van der Waals surface area contributed by atoms with Crippen LogP contribution in [0.1, 0.15) is 30.1 Å². The van der Waals surface area contributed by atoms with Crippen molar-refractivity contribution in [3.8, 4) is 0 Å². The summed E-state index contributed by atoms with van der Waals surface area (Å²) >= 11 is 0. The maximum atomic E-state index is 11.5. The fraction of sp³-hybridized carbons (Fsp3) is 0.316.